The number of hydrogen-bond acceptors (Lipinski definition) is 1. The van der Waals surface area contributed by atoms with Gasteiger partial charge in [0.15, 0.2) is 0 Å². The molecule has 3 aliphatic carbocycles. The summed E-state index contributed by atoms with van der Waals surface area (Å²) < 4.78 is 0. The fourth-order valence-electron chi connectivity index (χ4n) is 3.26. The predicted molar refractivity (Wildman–Crippen MR) is 46.5 cm³/mol. The number of carbonyl (C=O) groups is 1. The highest BCUT2D eigenvalue weighted by Gasteiger charge is 2.47. The molecule has 1 saturated carbocycles. The van der Waals surface area contributed by atoms with E-state index < -0.39 is 0 Å². The van der Waals surface area contributed by atoms with Gasteiger partial charge < -0.3 is 0 Å². The highest BCUT2D eigenvalue weighted by molar-refractivity contribution is 5.76. The standard InChI is InChI=1S/C11H12O/c12-6-8-4-7-5-11(8)10-3-1-2-9(7)10/h1,3-4,6-7,9-11H,2,5H2. The molecule has 4 atom stereocenters. The lowest BCUT2D eigenvalue weighted by atomic mass is 9.82. The molecule has 0 aromatic carbocycles. The van der Waals surface area contributed by atoms with E-state index in [-0.39, 0.29) is 0 Å². The van der Waals surface area contributed by atoms with Crippen molar-refractivity contribution in [1.29, 1.82) is 0 Å². The Morgan fingerprint density at radius 3 is 3.25 bits per heavy atom. The van der Waals surface area contributed by atoms with Crippen molar-refractivity contribution >= 4 is 6.29 Å². The molecule has 1 nitrogen and oxygen atoms in total. The number of allylic oxidation sites excluding steroid dienone is 4. The van der Waals surface area contributed by atoms with Gasteiger partial charge in [-0.3, -0.25) is 4.79 Å². The smallest absolute Gasteiger partial charge is 0.146 e. The SMILES string of the molecule is O=CC1=CC2CC1C1C=CCC21. The van der Waals surface area contributed by atoms with Crippen LogP contribution in [0, 0.1) is 23.7 Å². The Morgan fingerprint density at radius 2 is 2.42 bits per heavy atom. The molecule has 0 aromatic heterocycles. The fraction of sp³-hybridized carbons (Fsp3) is 0.545. The number of rotatable bonds is 1. The molecule has 0 amide bonds. The Morgan fingerprint density at radius 1 is 1.50 bits per heavy atom. The largest absolute Gasteiger partial charge is 0.298 e. The first-order valence-electron chi connectivity index (χ1n) is 4.73. The van der Waals surface area contributed by atoms with Crippen molar-refractivity contribution in [2.24, 2.45) is 23.7 Å². The van der Waals surface area contributed by atoms with Gasteiger partial charge in [0.1, 0.15) is 6.29 Å². The van der Waals surface area contributed by atoms with Gasteiger partial charge in [-0.05, 0) is 42.1 Å². The first-order chi connectivity index (χ1) is 5.90. The second kappa shape index (κ2) is 2.09. The molecule has 3 rings (SSSR count). The summed E-state index contributed by atoms with van der Waals surface area (Å²) in [6.07, 6.45) is 10.4. The minimum Gasteiger partial charge on any atom is -0.298 e. The minimum atomic E-state index is 0.580. The molecule has 0 spiro atoms. The first-order valence-corrected chi connectivity index (χ1v) is 4.73. The van der Waals surface area contributed by atoms with E-state index in [9.17, 15) is 4.79 Å². The maximum absolute atomic E-state index is 10.7. The predicted octanol–water partition coefficient (Wildman–Crippen LogP) is 1.95. The van der Waals surface area contributed by atoms with E-state index in [0.717, 1.165) is 23.7 Å². The summed E-state index contributed by atoms with van der Waals surface area (Å²) in [5.41, 5.74) is 1.08. The number of hydrogen-bond donors (Lipinski definition) is 0. The topological polar surface area (TPSA) is 17.1 Å². The van der Waals surface area contributed by atoms with Crippen LogP contribution in [0.25, 0.3) is 0 Å². The molecule has 4 unspecified atom stereocenters. The zero-order valence-corrected chi connectivity index (χ0v) is 6.94. The maximum Gasteiger partial charge on any atom is 0.146 e. The third-order valence-corrected chi connectivity index (χ3v) is 3.77. The Kier molecular flexibility index (Phi) is 1.16. The summed E-state index contributed by atoms with van der Waals surface area (Å²) in [7, 11) is 0. The Bertz CT molecular complexity index is 287. The van der Waals surface area contributed by atoms with E-state index in [1.807, 2.05) is 0 Å². The molecule has 0 heterocycles. The molecule has 0 N–H and O–H groups in total. The van der Waals surface area contributed by atoms with Gasteiger partial charge in [0.2, 0.25) is 0 Å². The lowest BCUT2D eigenvalue weighted by Crippen LogP contribution is -2.16. The van der Waals surface area contributed by atoms with Gasteiger partial charge in [0.05, 0.1) is 0 Å². The molecule has 0 aliphatic heterocycles. The minimum absolute atomic E-state index is 0.580. The molecule has 62 valence electrons. The number of aldehydes is 1. The van der Waals surface area contributed by atoms with Gasteiger partial charge in [-0.25, -0.2) is 0 Å². The van der Waals surface area contributed by atoms with E-state index in [1.54, 1.807) is 0 Å². The van der Waals surface area contributed by atoms with Crippen molar-refractivity contribution < 1.29 is 4.79 Å². The van der Waals surface area contributed by atoms with Crippen LogP contribution in [0.4, 0.5) is 0 Å². The summed E-state index contributed by atoms with van der Waals surface area (Å²) in [6, 6.07) is 0. The molecule has 12 heavy (non-hydrogen) atoms. The fourth-order valence-corrected chi connectivity index (χ4v) is 3.26. The van der Waals surface area contributed by atoms with Crippen LogP contribution in [0.5, 0.6) is 0 Å². The quantitative estimate of drug-likeness (QED) is 0.423. The van der Waals surface area contributed by atoms with Crippen molar-refractivity contribution in [2.45, 2.75) is 12.8 Å². The molecular formula is C11H12O. The summed E-state index contributed by atoms with van der Waals surface area (Å²) in [5.74, 6) is 2.85. The average molecular weight is 160 g/mol. The summed E-state index contributed by atoms with van der Waals surface area (Å²) in [6.45, 7) is 0. The van der Waals surface area contributed by atoms with Crippen molar-refractivity contribution in [2.75, 3.05) is 0 Å². The summed E-state index contributed by atoms with van der Waals surface area (Å²) in [5, 5.41) is 0. The maximum atomic E-state index is 10.7. The molecule has 0 radical (unpaired) electrons. The van der Waals surface area contributed by atoms with Crippen molar-refractivity contribution in [3.63, 3.8) is 0 Å². The summed E-state index contributed by atoms with van der Waals surface area (Å²) >= 11 is 0. The summed E-state index contributed by atoms with van der Waals surface area (Å²) in [4.78, 5) is 10.7. The van der Waals surface area contributed by atoms with Crippen LogP contribution < -0.4 is 0 Å². The second-order valence-electron chi connectivity index (χ2n) is 4.20. The van der Waals surface area contributed by atoms with Crippen LogP contribution in [0.1, 0.15) is 12.8 Å². The van der Waals surface area contributed by atoms with Gasteiger partial charge in [-0.15, -0.1) is 0 Å². The van der Waals surface area contributed by atoms with E-state index in [2.05, 4.69) is 18.2 Å². The lowest BCUT2D eigenvalue weighted by molar-refractivity contribution is -0.105. The van der Waals surface area contributed by atoms with Crippen LogP contribution >= 0.6 is 0 Å². The monoisotopic (exact) mass is 160 g/mol. The normalized spacial score (nSPS) is 47.8. The third-order valence-electron chi connectivity index (χ3n) is 3.77. The second-order valence-corrected chi connectivity index (χ2v) is 4.20. The van der Waals surface area contributed by atoms with Crippen molar-refractivity contribution in [3.05, 3.63) is 23.8 Å². The third kappa shape index (κ3) is 0.626. The number of carbonyl (C=O) groups excluding carboxylic acids is 1. The molecule has 1 fully saturated rings. The molecule has 0 aromatic rings. The van der Waals surface area contributed by atoms with Crippen LogP contribution in [0.15, 0.2) is 23.8 Å². The van der Waals surface area contributed by atoms with Crippen LogP contribution in [-0.2, 0) is 4.79 Å². The highest BCUT2D eigenvalue weighted by atomic mass is 16.1. The van der Waals surface area contributed by atoms with Gasteiger partial charge in [-0.2, -0.15) is 0 Å². The molecule has 1 heteroatoms. The van der Waals surface area contributed by atoms with Gasteiger partial charge in [0.25, 0.3) is 0 Å². The van der Waals surface area contributed by atoms with E-state index >= 15 is 0 Å². The van der Waals surface area contributed by atoms with Crippen LogP contribution in [0.3, 0.4) is 0 Å². The van der Waals surface area contributed by atoms with Gasteiger partial charge >= 0.3 is 0 Å². The van der Waals surface area contributed by atoms with Crippen LogP contribution in [-0.4, -0.2) is 6.29 Å². The first kappa shape index (κ1) is 6.64. The van der Waals surface area contributed by atoms with E-state index in [1.165, 1.54) is 12.8 Å². The molecule has 2 bridgehead atoms. The highest BCUT2D eigenvalue weighted by Crippen LogP contribution is 2.55. The van der Waals surface area contributed by atoms with Crippen LogP contribution in [0.2, 0.25) is 0 Å². The molecule has 0 saturated heterocycles. The molecular weight excluding hydrogens is 148 g/mol. The van der Waals surface area contributed by atoms with Crippen molar-refractivity contribution in [3.8, 4) is 0 Å². The van der Waals surface area contributed by atoms with E-state index in [4.69, 9.17) is 0 Å². The Hall–Kier alpha value is -0.850. The van der Waals surface area contributed by atoms with Crippen molar-refractivity contribution in [1.82, 2.24) is 0 Å². The van der Waals surface area contributed by atoms with E-state index in [0.29, 0.717) is 11.8 Å². The lowest BCUT2D eigenvalue weighted by Gasteiger charge is -2.21. The zero-order valence-electron chi connectivity index (χ0n) is 6.94. The number of fused-ring (bicyclic) bond motifs is 5. The van der Waals surface area contributed by atoms with Gasteiger partial charge in [-0.1, -0.05) is 18.2 Å². The Labute approximate surface area is 72.2 Å². The average Bonchev–Trinajstić information content (AvgIpc) is 2.75. The van der Waals surface area contributed by atoms with Gasteiger partial charge in [0, 0.05) is 0 Å². The zero-order chi connectivity index (χ0) is 8.13. The Balaban J connectivity index is 2.01. The molecule has 3 aliphatic rings.